The van der Waals surface area contributed by atoms with E-state index in [0.29, 0.717) is 12.8 Å². The normalized spacial score (nSPS) is 26.8. The number of rotatable bonds is 2. The highest BCUT2D eigenvalue weighted by atomic mass is 16.5. The molecule has 2 unspecified atom stereocenters. The molecule has 1 aliphatic carbocycles. The Balaban J connectivity index is 2.56. The molecule has 0 spiro atoms. The maximum absolute atomic E-state index is 11.0. The summed E-state index contributed by atoms with van der Waals surface area (Å²) in [4.78, 5) is 21.6. The maximum atomic E-state index is 11.0. The molecule has 0 amide bonds. The number of hydrogen-bond donors (Lipinski definition) is 1. The fraction of sp³-hybridized carbons (Fsp3) is 0.556. The third-order valence-electron chi connectivity index (χ3n) is 2.19. The van der Waals surface area contributed by atoms with Gasteiger partial charge in [-0.2, -0.15) is 0 Å². The number of carbonyl (C=O) groups excluding carboxylic acids is 1. The lowest BCUT2D eigenvalue weighted by Crippen LogP contribution is -2.22. The maximum Gasteiger partial charge on any atom is 0.312 e. The van der Waals surface area contributed by atoms with E-state index in [1.165, 1.54) is 7.11 Å². The summed E-state index contributed by atoms with van der Waals surface area (Å²) in [5.41, 5.74) is 0. The summed E-state index contributed by atoms with van der Waals surface area (Å²) in [6.45, 7) is 0. The third-order valence-corrected chi connectivity index (χ3v) is 2.19. The minimum absolute atomic E-state index is 0.263. The molecule has 4 nitrogen and oxygen atoms in total. The quantitative estimate of drug-likeness (QED) is 0.510. The number of hydrogen-bond acceptors (Lipinski definition) is 3. The fourth-order valence-corrected chi connectivity index (χ4v) is 1.37. The molecular weight excluding hydrogens is 172 g/mol. The first-order valence-corrected chi connectivity index (χ1v) is 4.14. The minimum atomic E-state index is -0.834. The van der Waals surface area contributed by atoms with E-state index in [0.717, 1.165) is 0 Å². The molecule has 0 saturated carbocycles. The molecule has 72 valence electrons. The summed E-state index contributed by atoms with van der Waals surface area (Å²) in [5.74, 6) is -1.83. The molecule has 1 aliphatic rings. The molecule has 0 aromatic carbocycles. The molecule has 0 saturated heterocycles. The van der Waals surface area contributed by atoms with Gasteiger partial charge in [-0.25, -0.2) is 0 Å². The van der Waals surface area contributed by atoms with Crippen LogP contribution in [0.5, 0.6) is 0 Å². The summed E-state index contributed by atoms with van der Waals surface area (Å²) in [6, 6.07) is 0. The Labute approximate surface area is 76.2 Å². The van der Waals surface area contributed by atoms with Gasteiger partial charge in [0.2, 0.25) is 0 Å². The number of carboxylic acids is 1. The highest BCUT2D eigenvalue weighted by molar-refractivity contribution is 5.77. The van der Waals surface area contributed by atoms with Crippen molar-refractivity contribution in [3.05, 3.63) is 12.2 Å². The number of ether oxygens (including phenoxy) is 1. The smallest absolute Gasteiger partial charge is 0.312 e. The van der Waals surface area contributed by atoms with Crippen LogP contribution in [0.1, 0.15) is 12.8 Å². The van der Waals surface area contributed by atoms with Gasteiger partial charge >= 0.3 is 11.9 Å². The fourth-order valence-electron chi connectivity index (χ4n) is 1.37. The van der Waals surface area contributed by atoms with Crippen molar-refractivity contribution in [2.75, 3.05) is 7.11 Å². The van der Waals surface area contributed by atoms with Gasteiger partial charge in [-0.1, -0.05) is 12.2 Å². The zero-order chi connectivity index (χ0) is 9.84. The van der Waals surface area contributed by atoms with Crippen LogP contribution in [0, 0.1) is 11.8 Å². The van der Waals surface area contributed by atoms with Gasteiger partial charge in [-0.3, -0.25) is 9.59 Å². The highest BCUT2D eigenvalue weighted by Crippen LogP contribution is 2.23. The SMILES string of the molecule is COC(=O)C1C=CC(C(=O)O)CC1. The summed E-state index contributed by atoms with van der Waals surface area (Å²) < 4.78 is 4.55. The van der Waals surface area contributed by atoms with E-state index in [2.05, 4.69) is 4.74 Å². The van der Waals surface area contributed by atoms with Crippen molar-refractivity contribution in [1.82, 2.24) is 0 Å². The van der Waals surface area contributed by atoms with Crippen LogP contribution in [0.4, 0.5) is 0 Å². The Morgan fingerprint density at radius 3 is 2.23 bits per heavy atom. The third kappa shape index (κ3) is 2.31. The molecule has 0 aromatic heterocycles. The molecule has 2 atom stereocenters. The van der Waals surface area contributed by atoms with Crippen molar-refractivity contribution in [3.63, 3.8) is 0 Å². The molecule has 1 N–H and O–H groups in total. The van der Waals surface area contributed by atoms with Crippen LogP contribution < -0.4 is 0 Å². The van der Waals surface area contributed by atoms with Crippen molar-refractivity contribution in [2.45, 2.75) is 12.8 Å². The van der Waals surface area contributed by atoms with Gasteiger partial charge in [0.05, 0.1) is 18.9 Å². The van der Waals surface area contributed by atoms with Gasteiger partial charge in [0.15, 0.2) is 0 Å². The zero-order valence-electron chi connectivity index (χ0n) is 7.40. The Hall–Kier alpha value is -1.32. The van der Waals surface area contributed by atoms with Crippen LogP contribution in [-0.4, -0.2) is 24.2 Å². The predicted octanol–water partition coefficient (Wildman–Crippen LogP) is 0.826. The predicted molar refractivity (Wildman–Crippen MR) is 45.0 cm³/mol. The van der Waals surface area contributed by atoms with E-state index in [-0.39, 0.29) is 11.9 Å². The van der Waals surface area contributed by atoms with E-state index in [9.17, 15) is 9.59 Å². The van der Waals surface area contributed by atoms with Crippen LogP contribution in [0.3, 0.4) is 0 Å². The second-order valence-corrected chi connectivity index (χ2v) is 3.04. The van der Waals surface area contributed by atoms with E-state index in [1.54, 1.807) is 12.2 Å². The zero-order valence-corrected chi connectivity index (χ0v) is 7.40. The lowest BCUT2D eigenvalue weighted by molar-refractivity contribution is -0.146. The van der Waals surface area contributed by atoms with Crippen LogP contribution in [0.2, 0.25) is 0 Å². The van der Waals surface area contributed by atoms with E-state index < -0.39 is 11.9 Å². The molecule has 0 radical (unpaired) electrons. The Bertz CT molecular complexity index is 244. The first-order valence-electron chi connectivity index (χ1n) is 4.14. The highest BCUT2D eigenvalue weighted by Gasteiger charge is 2.25. The molecule has 4 heteroatoms. The van der Waals surface area contributed by atoms with Crippen molar-refractivity contribution in [1.29, 1.82) is 0 Å². The van der Waals surface area contributed by atoms with Crippen LogP contribution in [0.25, 0.3) is 0 Å². The largest absolute Gasteiger partial charge is 0.481 e. The molecule has 0 aliphatic heterocycles. The molecule has 0 fully saturated rings. The second kappa shape index (κ2) is 4.07. The van der Waals surface area contributed by atoms with Crippen LogP contribution >= 0.6 is 0 Å². The van der Waals surface area contributed by atoms with Gasteiger partial charge in [0.1, 0.15) is 0 Å². The Morgan fingerprint density at radius 2 is 1.85 bits per heavy atom. The lowest BCUT2D eigenvalue weighted by Gasteiger charge is -2.17. The summed E-state index contributed by atoms with van der Waals surface area (Å²) >= 11 is 0. The van der Waals surface area contributed by atoms with E-state index in [1.807, 2.05) is 0 Å². The first kappa shape index (κ1) is 9.77. The number of carboxylic acid groups (broad SMARTS) is 1. The van der Waals surface area contributed by atoms with Gasteiger partial charge in [-0.15, -0.1) is 0 Å². The van der Waals surface area contributed by atoms with Gasteiger partial charge in [-0.05, 0) is 12.8 Å². The number of methoxy groups -OCH3 is 1. The van der Waals surface area contributed by atoms with Gasteiger partial charge < -0.3 is 9.84 Å². The lowest BCUT2D eigenvalue weighted by atomic mass is 9.89. The summed E-state index contributed by atoms with van der Waals surface area (Å²) in [7, 11) is 1.33. The average Bonchev–Trinajstić information content (AvgIpc) is 2.17. The Morgan fingerprint density at radius 1 is 1.31 bits per heavy atom. The molecule has 1 rings (SSSR count). The molecule has 13 heavy (non-hydrogen) atoms. The molecule has 0 bridgehead atoms. The second-order valence-electron chi connectivity index (χ2n) is 3.04. The van der Waals surface area contributed by atoms with Gasteiger partial charge in [0, 0.05) is 0 Å². The average molecular weight is 184 g/mol. The van der Waals surface area contributed by atoms with Crippen molar-refractivity contribution in [3.8, 4) is 0 Å². The molecule has 0 aromatic rings. The van der Waals surface area contributed by atoms with E-state index >= 15 is 0 Å². The number of carbonyl (C=O) groups is 2. The monoisotopic (exact) mass is 184 g/mol. The summed E-state index contributed by atoms with van der Waals surface area (Å²) in [6.07, 6.45) is 4.24. The van der Waals surface area contributed by atoms with Crippen molar-refractivity contribution < 1.29 is 19.4 Å². The van der Waals surface area contributed by atoms with Crippen molar-refractivity contribution in [2.24, 2.45) is 11.8 Å². The molecular formula is C9H12O4. The number of esters is 1. The van der Waals surface area contributed by atoms with Crippen LogP contribution in [-0.2, 0) is 14.3 Å². The summed E-state index contributed by atoms with van der Waals surface area (Å²) in [5, 5.41) is 8.65. The van der Waals surface area contributed by atoms with Crippen LogP contribution in [0.15, 0.2) is 12.2 Å². The number of aliphatic carboxylic acids is 1. The topological polar surface area (TPSA) is 63.6 Å². The Kier molecular flexibility index (Phi) is 3.06. The minimum Gasteiger partial charge on any atom is -0.481 e. The van der Waals surface area contributed by atoms with Crippen molar-refractivity contribution >= 4 is 11.9 Å². The first-order chi connectivity index (χ1) is 6.15. The standard InChI is InChI=1S/C9H12O4/c1-13-9(12)7-4-2-6(3-5-7)8(10)11/h2,4,6-7H,3,5H2,1H3,(H,10,11). The molecule has 0 heterocycles. The van der Waals surface area contributed by atoms with E-state index in [4.69, 9.17) is 5.11 Å². The van der Waals surface area contributed by atoms with Gasteiger partial charge in [0.25, 0.3) is 0 Å².